The molecule has 0 bridgehead atoms. The molecular formula is C54H42N2. The third-order valence-electron chi connectivity index (χ3n) is 12.8. The standard InChI is InChI=1S/C54H42N2/c1-53(2)45-25-10-6-21-40(45)44-34-37(31-32-47(44)53)55(51-30-16-24-43-39-20-5-11-26-46(39)54(3,4)52(43)51)36-18-15-17-35(33-36)38-19-7-12-27-48(38)56-49-28-13-8-22-41(49)42-23-9-14-29-50(42)56/h5-34H,1-4H3. The van der Waals surface area contributed by atoms with Crippen LogP contribution in [-0.2, 0) is 10.8 Å². The van der Waals surface area contributed by atoms with Crippen molar-refractivity contribution in [2.75, 3.05) is 4.90 Å². The van der Waals surface area contributed by atoms with Crippen molar-refractivity contribution in [2.24, 2.45) is 0 Å². The predicted octanol–water partition coefficient (Wildman–Crippen LogP) is 14.5. The number of hydrogen-bond acceptors (Lipinski definition) is 1. The largest absolute Gasteiger partial charge is 0.310 e. The molecule has 0 spiro atoms. The molecule has 56 heavy (non-hydrogen) atoms. The Hall–Kier alpha value is -6.64. The Kier molecular flexibility index (Phi) is 6.98. The van der Waals surface area contributed by atoms with Gasteiger partial charge in [0.1, 0.15) is 0 Å². The summed E-state index contributed by atoms with van der Waals surface area (Å²) < 4.78 is 2.44. The van der Waals surface area contributed by atoms with E-state index in [4.69, 9.17) is 0 Å². The van der Waals surface area contributed by atoms with Crippen LogP contribution in [-0.4, -0.2) is 4.57 Å². The van der Waals surface area contributed by atoms with Crippen LogP contribution in [0.5, 0.6) is 0 Å². The van der Waals surface area contributed by atoms with Gasteiger partial charge in [-0.05, 0) is 98.6 Å². The average molecular weight is 719 g/mol. The summed E-state index contributed by atoms with van der Waals surface area (Å²) >= 11 is 0. The maximum atomic E-state index is 2.52. The van der Waals surface area contributed by atoms with E-state index in [-0.39, 0.29) is 10.8 Å². The van der Waals surface area contributed by atoms with Gasteiger partial charge in [0.25, 0.3) is 0 Å². The van der Waals surface area contributed by atoms with E-state index in [0.717, 1.165) is 11.4 Å². The van der Waals surface area contributed by atoms with Crippen LogP contribution >= 0.6 is 0 Å². The second kappa shape index (κ2) is 11.9. The molecule has 0 N–H and O–H groups in total. The first-order valence-corrected chi connectivity index (χ1v) is 19.8. The lowest BCUT2D eigenvalue weighted by Crippen LogP contribution is -2.21. The number of para-hydroxylation sites is 3. The van der Waals surface area contributed by atoms with Crippen LogP contribution in [0.15, 0.2) is 182 Å². The van der Waals surface area contributed by atoms with Crippen LogP contribution in [0.2, 0.25) is 0 Å². The minimum atomic E-state index is -0.188. The summed E-state index contributed by atoms with van der Waals surface area (Å²) in [6, 6.07) is 67.5. The van der Waals surface area contributed by atoms with Crippen LogP contribution in [0, 0.1) is 0 Å². The van der Waals surface area contributed by atoms with Crippen molar-refractivity contribution in [1.29, 1.82) is 0 Å². The Bertz CT molecular complexity index is 2990. The van der Waals surface area contributed by atoms with Gasteiger partial charge in [0.05, 0.1) is 22.4 Å². The molecule has 268 valence electrons. The van der Waals surface area contributed by atoms with E-state index >= 15 is 0 Å². The molecule has 2 aliphatic carbocycles. The maximum absolute atomic E-state index is 2.52. The van der Waals surface area contributed by atoms with E-state index < -0.39 is 0 Å². The van der Waals surface area contributed by atoms with Gasteiger partial charge in [0, 0.05) is 38.5 Å². The van der Waals surface area contributed by atoms with Gasteiger partial charge >= 0.3 is 0 Å². The predicted molar refractivity (Wildman–Crippen MR) is 236 cm³/mol. The van der Waals surface area contributed by atoms with Crippen LogP contribution < -0.4 is 4.90 Å². The lowest BCUT2D eigenvalue weighted by atomic mass is 9.81. The van der Waals surface area contributed by atoms with Gasteiger partial charge in [-0.3, -0.25) is 0 Å². The molecule has 9 aromatic rings. The van der Waals surface area contributed by atoms with E-state index in [1.807, 2.05) is 0 Å². The first kappa shape index (κ1) is 32.8. The SMILES string of the molecule is CC1(C)c2ccccc2-c2cc(N(c3cccc(-c4ccccc4-n4c5ccccc5c5ccccc54)c3)c3cccc4c3C(C)(C)c3ccccc3-4)ccc21. The molecule has 2 aliphatic rings. The summed E-state index contributed by atoms with van der Waals surface area (Å²) in [6.45, 7) is 9.49. The molecule has 1 heterocycles. The number of rotatable bonds is 5. The maximum Gasteiger partial charge on any atom is 0.0541 e. The molecule has 2 nitrogen and oxygen atoms in total. The summed E-state index contributed by atoms with van der Waals surface area (Å²) in [4.78, 5) is 2.52. The highest BCUT2D eigenvalue weighted by Gasteiger charge is 2.40. The lowest BCUT2D eigenvalue weighted by Gasteiger charge is -2.33. The second-order valence-electron chi connectivity index (χ2n) is 16.5. The average Bonchev–Trinajstić information content (AvgIpc) is 3.78. The fourth-order valence-corrected chi connectivity index (χ4v) is 10.2. The number of anilines is 3. The van der Waals surface area contributed by atoms with Gasteiger partial charge in [-0.15, -0.1) is 0 Å². The zero-order valence-electron chi connectivity index (χ0n) is 32.2. The molecule has 0 atom stereocenters. The van der Waals surface area contributed by atoms with Crippen molar-refractivity contribution in [2.45, 2.75) is 38.5 Å². The van der Waals surface area contributed by atoms with Gasteiger partial charge in [-0.2, -0.15) is 0 Å². The van der Waals surface area contributed by atoms with Gasteiger partial charge in [-0.25, -0.2) is 0 Å². The third-order valence-corrected chi connectivity index (χ3v) is 12.8. The molecule has 1 aromatic heterocycles. The zero-order chi connectivity index (χ0) is 37.8. The van der Waals surface area contributed by atoms with Crippen LogP contribution in [0.3, 0.4) is 0 Å². The van der Waals surface area contributed by atoms with E-state index in [0.29, 0.717) is 0 Å². The van der Waals surface area contributed by atoms with E-state index in [1.165, 1.54) is 88.8 Å². The summed E-state index contributed by atoms with van der Waals surface area (Å²) in [5.74, 6) is 0. The summed E-state index contributed by atoms with van der Waals surface area (Å²) in [5, 5.41) is 2.53. The van der Waals surface area contributed by atoms with Gasteiger partial charge in [0.2, 0.25) is 0 Å². The van der Waals surface area contributed by atoms with Crippen molar-refractivity contribution in [3.63, 3.8) is 0 Å². The minimum Gasteiger partial charge on any atom is -0.310 e. The van der Waals surface area contributed by atoms with Crippen molar-refractivity contribution in [3.8, 4) is 39.1 Å². The molecular weight excluding hydrogens is 677 g/mol. The highest BCUT2D eigenvalue weighted by atomic mass is 15.1. The first-order valence-electron chi connectivity index (χ1n) is 19.8. The Morgan fingerprint density at radius 2 is 0.929 bits per heavy atom. The molecule has 0 saturated heterocycles. The molecule has 0 fully saturated rings. The van der Waals surface area contributed by atoms with Crippen molar-refractivity contribution >= 4 is 38.9 Å². The zero-order valence-corrected chi connectivity index (χ0v) is 32.2. The van der Waals surface area contributed by atoms with Crippen LogP contribution in [0.1, 0.15) is 49.9 Å². The third kappa shape index (κ3) is 4.56. The monoisotopic (exact) mass is 718 g/mol. The molecule has 0 radical (unpaired) electrons. The molecule has 0 aliphatic heterocycles. The fraction of sp³-hybridized carbons (Fsp3) is 0.111. The van der Waals surface area contributed by atoms with E-state index in [1.54, 1.807) is 0 Å². The van der Waals surface area contributed by atoms with Crippen LogP contribution in [0.4, 0.5) is 17.1 Å². The summed E-state index contributed by atoms with van der Waals surface area (Å²) in [6.07, 6.45) is 0. The van der Waals surface area contributed by atoms with E-state index in [9.17, 15) is 0 Å². The number of fused-ring (bicyclic) bond motifs is 9. The van der Waals surface area contributed by atoms with Gasteiger partial charge in [0.15, 0.2) is 0 Å². The van der Waals surface area contributed by atoms with Gasteiger partial charge < -0.3 is 9.47 Å². The van der Waals surface area contributed by atoms with Crippen LogP contribution in [0.25, 0.3) is 60.9 Å². The van der Waals surface area contributed by atoms with Crippen molar-refractivity contribution in [3.05, 3.63) is 204 Å². The normalized spacial score (nSPS) is 14.4. The molecule has 0 amide bonds. The topological polar surface area (TPSA) is 8.17 Å². The van der Waals surface area contributed by atoms with Crippen molar-refractivity contribution in [1.82, 2.24) is 4.57 Å². The molecule has 0 unspecified atom stereocenters. The van der Waals surface area contributed by atoms with Gasteiger partial charge in [-0.1, -0.05) is 161 Å². The number of aromatic nitrogens is 1. The molecule has 8 aromatic carbocycles. The number of nitrogens with zero attached hydrogens (tertiary/aromatic N) is 2. The van der Waals surface area contributed by atoms with E-state index in [2.05, 4.69) is 219 Å². The highest BCUT2D eigenvalue weighted by Crippen LogP contribution is 2.56. The Morgan fingerprint density at radius 1 is 0.393 bits per heavy atom. The molecule has 11 rings (SSSR count). The fourth-order valence-electron chi connectivity index (χ4n) is 10.2. The first-order chi connectivity index (χ1) is 27.3. The van der Waals surface area contributed by atoms with Crippen molar-refractivity contribution < 1.29 is 0 Å². The minimum absolute atomic E-state index is 0.0661. The lowest BCUT2D eigenvalue weighted by molar-refractivity contribution is 0.660. The molecule has 2 heteroatoms. The Balaban J connectivity index is 1.15. The molecule has 0 saturated carbocycles. The Labute approximate surface area is 328 Å². The number of benzene rings is 8. The smallest absolute Gasteiger partial charge is 0.0541 e. The summed E-state index contributed by atoms with van der Waals surface area (Å²) in [5.41, 5.74) is 20.0. The summed E-state index contributed by atoms with van der Waals surface area (Å²) in [7, 11) is 0. The highest BCUT2D eigenvalue weighted by molar-refractivity contribution is 6.09. The number of hydrogen-bond donors (Lipinski definition) is 0. The Morgan fingerprint density at radius 3 is 1.66 bits per heavy atom. The second-order valence-corrected chi connectivity index (χ2v) is 16.5. The quantitative estimate of drug-likeness (QED) is 0.172.